The van der Waals surface area contributed by atoms with E-state index in [1.54, 1.807) is 4.90 Å². The van der Waals surface area contributed by atoms with Gasteiger partial charge in [0.25, 0.3) is 0 Å². The Morgan fingerprint density at radius 3 is 2.54 bits per heavy atom. The first kappa shape index (κ1) is 17.4. The number of likely N-dealkylation sites (tertiary alicyclic amines) is 1. The number of benzene rings is 1. The van der Waals surface area contributed by atoms with Gasteiger partial charge in [-0.3, -0.25) is 4.79 Å². The van der Waals surface area contributed by atoms with Gasteiger partial charge in [0, 0.05) is 19.3 Å². The van der Waals surface area contributed by atoms with Crippen molar-refractivity contribution in [3.05, 3.63) is 35.9 Å². The molecule has 2 saturated heterocycles. The minimum Gasteiger partial charge on any atom is -0.341 e. The summed E-state index contributed by atoms with van der Waals surface area (Å²) in [7, 11) is -3.43. The number of amides is 1. The van der Waals surface area contributed by atoms with Crippen molar-refractivity contribution in [2.75, 3.05) is 32.4 Å². The van der Waals surface area contributed by atoms with Crippen LogP contribution >= 0.6 is 0 Å². The van der Waals surface area contributed by atoms with Crippen LogP contribution in [-0.2, 0) is 21.1 Å². The van der Waals surface area contributed by atoms with E-state index in [0.717, 1.165) is 12.8 Å². The van der Waals surface area contributed by atoms with Crippen molar-refractivity contribution in [1.82, 2.24) is 10.2 Å². The molecule has 0 aromatic heterocycles. The Hall–Kier alpha value is -1.40. The van der Waals surface area contributed by atoms with Crippen molar-refractivity contribution in [3.63, 3.8) is 0 Å². The average Bonchev–Trinajstić information content (AvgIpc) is 3.03. The SMILES string of the molecule is CS(=O)(=O)C1(C(=O)N2CCC(Cc3ccccc3)C2)CCNCC1. The van der Waals surface area contributed by atoms with Gasteiger partial charge in [-0.2, -0.15) is 0 Å². The Bertz CT molecular complexity index is 681. The molecule has 6 heteroatoms. The van der Waals surface area contributed by atoms with E-state index >= 15 is 0 Å². The minimum atomic E-state index is -3.43. The molecule has 0 bridgehead atoms. The molecule has 3 rings (SSSR count). The van der Waals surface area contributed by atoms with Crippen LogP contribution in [0.2, 0.25) is 0 Å². The summed E-state index contributed by atoms with van der Waals surface area (Å²) in [6, 6.07) is 10.3. The summed E-state index contributed by atoms with van der Waals surface area (Å²) in [5, 5.41) is 3.16. The van der Waals surface area contributed by atoms with Crippen LogP contribution in [-0.4, -0.2) is 56.4 Å². The molecule has 24 heavy (non-hydrogen) atoms. The molecule has 132 valence electrons. The Kier molecular flexibility index (Phi) is 4.97. The molecule has 0 radical (unpaired) electrons. The van der Waals surface area contributed by atoms with Crippen LogP contribution in [0.4, 0.5) is 0 Å². The average molecular weight is 350 g/mol. The monoisotopic (exact) mass is 350 g/mol. The Morgan fingerprint density at radius 1 is 1.25 bits per heavy atom. The van der Waals surface area contributed by atoms with E-state index in [2.05, 4.69) is 17.4 Å². The van der Waals surface area contributed by atoms with Crippen molar-refractivity contribution >= 4 is 15.7 Å². The van der Waals surface area contributed by atoms with E-state index in [0.29, 0.717) is 44.9 Å². The van der Waals surface area contributed by atoms with Crippen LogP contribution in [0.15, 0.2) is 30.3 Å². The fourth-order valence-corrected chi connectivity index (χ4v) is 5.39. The Morgan fingerprint density at radius 2 is 1.92 bits per heavy atom. The maximum Gasteiger partial charge on any atom is 0.244 e. The van der Waals surface area contributed by atoms with Crippen LogP contribution in [0.25, 0.3) is 0 Å². The van der Waals surface area contributed by atoms with Gasteiger partial charge in [-0.25, -0.2) is 8.42 Å². The predicted octanol–water partition coefficient (Wildman–Crippen LogP) is 1.24. The highest BCUT2D eigenvalue weighted by Gasteiger charge is 2.51. The molecule has 1 amide bonds. The lowest BCUT2D eigenvalue weighted by Gasteiger charge is -2.37. The van der Waals surface area contributed by atoms with Crippen molar-refractivity contribution in [2.45, 2.75) is 30.4 Å². The molecule has 2 fully saturated rings. The first-order valence-electron chi connectivity index (χ1n) is 8.66. The van der Waals surface area contributed by atoms with Crippen molar-refractivity contribution in [1.29, 1.82) is 0 Å². The lowest BCUT2D eigenvalue weighted by molar-refractivity contribution is -0.133. The third-order valence-electron chi connectivity index (χ3n) is 5.45. The number of carbonyl (C=O) groups is 1. The first-order valence-corrected chi connectivity index (χ1v) is 10.6. The second-order valence-electron chi connectivity index (χ2n) is 7.11. The van der Waals surface area contributed by atoms with Crippen molar-refractivity contribution in [3.8, 4) is 0 Å². The molecule has 0 aliphatic carbocycles. The third kappa shape index (κ3) is 3.35. The van der Waals surface area contributed by atoms with Crippen LogP contribution in [0, 0.1) is 5.92 Å². The second-order valence-corrected chi connectivity index (χ2v) is 9.44. The zero-order valence-electron chi connectivity index (χ0n) is 14.2. The number of nitrogens with zero attached hydrogens (tertiary/aromatic N) is 1. The molecule has 0 spiro atoms. The number of nitrogens with one attached hydrogen (secondary N) is 1. The van der Waals surface area contributed by atoms with E-state index in [4.69, 9.17) is 0 Å². The van der Waals surface area contributed by atoms with Gasteiger partial charge >= 0.3 is 0 Å². The molecule has 1 unspecified atom stereocenters. The maximum atomic E-state index is 13.1. The summed E-state index contributed by atoms with van der Waals surface area (Å²) in [4.78, 5) is 14.9. The standard InChI is InChI=1S/C18H26N2O3S/c1-24(22,23)18(8-10-19-11-9-18)17(21)20-12-7-16(14-20)13-15-5-3-2-4-6-15/h2-6,16,19H,7-14H2,1H3. The van der Waals surface area contributed by atoms with Crippen molar-refractivity contribution in [2.24, 2.45) is 5.92 Å². The summed E-state index contributed by atoms with van der Waals surface area (Å²) in [5.74, 6) is 0.233. The highest BCUT2D eigenvalue weighted by atomic mass is 32.2. The molecule has 2 aliphatic rings. The number of hydrogen-bond acceptors (Lipinski definition) is 4. The molecular formula is C18H26N2O3S. The smallest absolute Gasteiger partial charge is 0.244 e. The summed E-state index contributed by atoms with van der Waals surface area (Å²) >= 11 is 0. The fraction of sp³-hybridized carbons (Fsp3) is 0.611. The number of hydrogen-bond donors (Lipinski definition) is 1. The molecular weight excluding hydrogens is 324 g/mol. The highest BCUT2D eigenvalue weighted by Crippen LogP contribution is 2.32. The van der Waals surface area contributed by atoms with E-state index in [1.165, 1.54) is 11.8 Å². The molecule has 0 saturated carbocycles. The number of carbonyl (C=O) groups excluding carboxylic acids is 1. The molecule has 2 aliphatic heterocycles. The topological polar surface area (TPSA) is 66.5 Å². The predicted molar refractivity (Wildman–Crippen MR) is 94.5 cm³/mol. The van der Waals surface area contributed by atoms with Crippen LogP contribution < -0.4 is 5.32 Å². The number of piperidine rings is 1. The number of sulfone groups is 1. The van der Waals surface area contributed by atoms with E-state index in [-0.39, 0.29) is 5.91 Å². The molecule has 1 atom stereocenters. The summed E-state index contributed by atoms with van der Waals surface area (Å²) in [6.45, 7) is 2.50. The maximum absolute atomic E-state index is 13.1. The van der Waals surface area contributed by atoms with Gasteiger partial charge in [0.05, 0.1) is 0 Å². The van der Waals surface area contributed by atoms with Gasteiger partial charge in [-0.05, 0) is 50.3 Å². The quantitative estimate of drug-likeness (QED) is 0.887. The van der Waals surface area contributed by atoms with Gasteiger partial charge in [0.15, 0.2) is 14.6 Å². The van der Waals surface area contributed by atoms with E-state index < -0.39 is 14.6 Å². The lowest BCUT2D eigenvalue weighted by Crippen LogP contribution is -2.57. The van der Waals surface area contributed by atoms with E-state index in [1.807, 2.05) is 18.2 Å². The number of rotatable bonds is 4. The van der Waals surface area contributed by atoms with Crippen LogP contribution in [0.5, 0.6) is 0 Å². The van der Waals surface area contributed by atoms with Crippen LogP contribution in [0.1, 0.15) is 24.8 Å². The van der Waals surface area contributed by atoms with E-state index in [9.17, 15) is 13.2 Å². The highest BCUT2D eigenvalue weighted by molar-refractivity contribution is 7.92. The van der Waals surface area contributed by atoms with Gasteiger partial charge < -0.3 is 10.2 Å². The molecule has 2 heterocycles. The summed E-state index contributed by atoms with van der Waals surface area (Å²) < 4.78 is 23.6. The summed E-state index contributed by atoms with van der Waals surface area (Å²) in [5.41, 5.74) is 1.27. The second kappa shape index (κ2) is 6.84. The normalized spacial score (nSPS) is 24.0. The third-order valence-corrected chi connectivity index (χ3v) is 7.45. The van der Waals surface area contributed by atoms with Gasteiger partial charge in [-0.1, -0.05) is 30.3 Å². The van der Waals surface area contributed by atoms with Gasteiger partial charge in [0.1, 0.15) is 0 Å². The zero-order valence-corrected chi connectivity index (χ0v) is 15.0. The zero-order chi connectivity index (χ0) is 17.2. The largest absolute Gasteiger partial charge is 0.341 e. The minimum absolute atomic E-state index is 0.179. The van der Waals surface area contributed by atoms with Crippen molar-refractivity contribution < 1.29 is 13.2 Å². The molecule has 5 nitrogen and oxygen atoms in total. The molecule has 1 N–H and O–H groups in total. The Balaban J connectivity index is 1.71. The first-order chi connectivity index (χ1) is 11.4. The molecule has 1 aromatic carbocycles. The fourth-order valence-electron chi connectivity index (χ4n) is 3.99. The Labute approximate surface area is 144 Å². The van der Waals surface area contributed by atoms with Gasteiger partial charge in [-0.15, -0.1) is 0 Å². The lowest BCUT2D eigenvalue weighted by atomic mass is 9.95. The molecule has 1 aromatic rings. The summed E-state index contributed by atoms with van der Waals surface area (Å²) in [6.07, 6.45) is 3.86. The van der Waals surface area contributed by atoms with Gasteiger partial charge in [0.2, 0.25) is 5.91 Å². The van der Waals surface area contributed by atoms with Crippen LogP contribution in [0.3, 0.4) is 0 Å².